The van der Waals surface area contributed by atoms with Gasteiger partial charge < -0.3 is 14.8 Å². The minimum Gasteiger partial charge on any atom is -0.491 e. The van der Waals surface area contributed by atoms with Crippen molar-refractivity contribution in [1.82, 2.24) is 4.98 Å². The number of aryl methyl sites for hydroxylation is 1. The van der Waals surface area contributed by atoms with Gasteiger partial charge in [-0.05, 0) is 42.6 Å². The Morgan fingerprint density at radius 1 is 1.16 bits per heavy atom. The van der Waals surface area contributed by atoms with Crippen molar-refractivity contribution in [3.8, 4) is 5.75 Å². The molecule has 2 aromatic rings. The van der Waals surface area contributed by atoms with E-state index in [1.807, 2.05) is 39.2 Å². The lowest BCUT2D eigenvalue weighted by Crippen LogP contribution is -2.13. The molecule has 1 aromatic heterocycles. The molecule has 1 aromatic carbocycles. The molecular weight excluding hydrogens is 334 g/mol. The highest BCUT2D eigenvalue weighted by Gasteiger charge is 2.08. The first-order valence-electron chi connectivity index (χ1n) is 8.80. The fraction of sp³-hybridized carbons (Fsp3) is 0.421. The molecule has 0 saturated carbocycles. The number of halogens is 1. The van der Waals surface area contributed by atoms with Gasteiger partial charge in [0.2, 0.25) is 0 Å². The van der Waals surface area contributed by atoms with Gasteiger partial charge in [-0.15, -0.1) is 0 Å². The molecule has 1 heterocycles. The summed E-state index contributed by atoms with van der Waals surface area (Å²) in [5.41, 5.74) is 3.03. The Labute approximate surface area is 156 Å². The van der Waals surface area contributed by atoms with Crippen molar-refractivity contribution in [1.29, 1.82) is 0 Å². The number of hydrogen-bond acceptors (Lipinski definition) is 4. The molecule has 0 aliphatic rings. The van der Waals surface area contributed by atoms with E-state index in [1.54, 1.807) is 0 Å². The van der Waals surface area contributed by atoms with Gasteiger partial charge in [0.15, 0.2) is 0 Å². The zero-order valence-electron chi connectivity index (χ0n) is 15.3. The van der Waals surface area contributed by atoms with E-state index in [0.29, 0.717) is 11.6 Å². The van der Waals surface area contributed by atoms with Crippen LogP contribution in [0.1, 0.15) is 31.7 Å². The van der Waals surface area contributed by atoms with Crippen LogP contribution in [0.4, 0.5) is 11.5 Å². The van der Waals surface area contributed by atoms with Crippen LogP contribution in [0.5, 0.6) is 5.75 Å². The van der Waals surface area contributed by atoms with Gasteiger partial charge in [0.05, 0.1) is 12.3 Å². The van der Waals surface area contributed by atoms with Crippen molar-refractivity contribution in [2.45, 2.75) is 33.1 Å². The number of benzene rings is 1. The summed E-state index contributed by atoms with van der Waals surface area (Å²) < 4.78 is 11.5. The highest BCUT2D eigenvalue weighted by atomic mass is 35.5. The summed E-state index contributed by atoms with van der Waals surface area (Å²) in [6.45, 7) is 6.33. The molecule has 0 amide bonds. The predicted molar refractivity (Wildman–Crippen MR) is 108 cm³/mol. The van der Waals surface area contributed by atoms with Crippen LogP contribution in [-0.4, -0.2) is 32.7 Å². The molecule has 0 bridgehead atoms. The van der Waals surface area contributed by atoms with Gasteiger partial charge in [-0.3, -0.25) is 0 Å². The second-order valence-electron chi connectivity index (χ2n) is 6.11. The number of aromatic nitrogens is 1. The van der Waals surface area contributed by atoms with Crippen LogP contribution in [0, 0.1) is 6.92 Å². The average Bonchev–Trinajstić information content (AvgIpc) is 2.58. The quantitative estimate of drug-likeness (QED) is 0.519. The lowest BCUT2D eigenvalue weighted by Gasteiger charge is -2.15. The normalized spacial score (nSPS) is 10.7. The number of hydrogen-bond donors (Lipinski definition) is 1. The van der Waals surface area contributed by atoms with Gasteiger partial charge in [-0.25, -0.2) is 4.98 Å². The van der Waals surface area contributed by atoms with Crippen LogP contribution in [0.2, 0.25) is 5.02 Å². The Hall–Kier alpha value is -1.72. The number of unbranched alkanes of at least 4 members (excludes halogenated alkanes) is 1. The van der Waals surface area contributed by atoms with Crippen molar-refractivity contribution < 1.29 is 9.47 Å². The van der Waals surface area contributed by atoms with E-state index < -0.39 is 0 Å². The topological polar surface area (TPSA) is 43.4 Å². The average molecular weight is 361 g/mol. The number of nitrogens with one attached hydrogen (secondary N) is 1. The molecule has 0 unspecified atom stereocenters. The Kier molecular flexibility index (Phi) is 8.09. The third-order valence-electron chi connectivity index (χ3n) is 3.74. The van der Waals surface area contributed by atoms with Gasteiger partial charge in [-0.1, -0.05) is 31.0 Å². The lowest BCUT2D eigenvalue weighted by atomic mass is 9.95. The van der Waals surface area contributed by atoms with Crippen LogP contribution in [0.25, 0.3) is 0 Å². The fourth-order valence-electron chi connectivity index (χ4n) is 2.39. The first-order chi connectivity index (χ1) is 12.1. The maximum Gasteiger partial charge on any atom is 0.144 e. The van der Waals surface area contributed by atoms with Crippen LogP contribution in [0.3, 0.4) is 0 Å². The van der Waals surface area contributed by atoms with Crippen molar-refractivity contribution in [2.24, 2.45) is 0 Å². The summed E-state index contributed by atoms with van der Waals surface area (Å²) in [6, 6.07) is 7.66. The van der Waals surface area contributed by atoms with Crippen molar-refractivity contribution in [2.75, 3.05) is 25.1 Å². The standard InChI is InChI=1S/C19H26BClN2O2/c1-3-4-8-24-9-5-10-25-18-7-6-15(21)12-17(18)23-19-16(20)11-14(2)13-22-19/h6-7,11-13H,3-5,8-10,20H2,1-2H3,(H,22,23). The number of ether oxygens (including phenoxy) is 2. The second kappa shape index (κ2) is 10.3. The molecule has 2 rings (SSSR count). The highest BCUT2D eigenvalue weighted by Crippen LogP contribution is 2.30. The van der Waals surface area contributed by atoms with E-state index in [9.17, 15) is 0 Å². The second-order valence-corrected chi connectivity index (χ2v) is 6.55. The number of pyridine rings is 1. The van der Waals surface area contributed by atoms with E-state index in [2.05, 4.69) is 23.3 Å². The molecule has 4 nitrogen and oxygen atoms in total. The lowest BCUT2D eigenvalue weighted by molar-refractivity contribution is 0.117. The number of nitrogens with zero attached hydrogens (tertiary/aromatic N) is 1. The van der Waals surface area contributed by atoms with Gasteiger partial charge in [0, 0.05) is 30.9 Å². The molecule has 0 saturated heterocycles. The predicted octanol–water partition coefficient (Wildman–Crippen LogP) is 3.63. The largest absolute Gasteiger partial charge is 0.491 e. The Morgan fingerprint density at radius 3 is 2.72 bits per heavy atom. The van der Waals surface area contributed by atoms with E-state index in [1.165, 1.54) is 0 Å². The summed E-state index contributed by atoms with van der Waals surface area (Å²) in [5.74, 6) is 1.57. The molecule has 0 aliphatic carbocycles. The Morgan fingerprint density at radius 2 is 1.96 bits per heavy atom. The summed E-state index contributed by atoms with van der Waals surface area (Å²) in [7, 11) is 2.03. The number of anilines is 2. The van der Waals surface area contributed by atoms with Crippen LogP contribution < -0.4 is 15.5 Å². The van der Waals surface area contributed by atoms with E-state index in [4.69, 9.17) is 21.1 Å². The summed E-state index contributed by atoms with van der Waals surface area (Å²) in [5, 5.41) is 3.98. The minimum atomic E-state index is 0.600. The fourth-order valence-corrected chi connectivity index (χ4v) is 2.56. The molecule has 25 heavy (non-hydrogen) atoms. The van der Waals surface area contributed by atoms with E-state index in [-0.39, 0.29) is 0 Å². The maximum absolute atomic E-state index is 6.14. The zero-order chi connectivity index (χ0) is 18.1. The van der Waals surface area contributed by atoms with E-state index in [0.717, 1.165) is 60.8 Å². The molecule has 6 heteroatoms. The first kappa shape index (κ1) is 19.6. The Balaban J connectivity index is 1.95. The van der Waals surface area contributed by atoms with Crippen LogP contribution in [-0.2, 0) is 4.74 Å². The molecule has 134 valence electrons. The van der Waals surface area contributed by atoms with Gasteiger partial charge in [0.25, 0.3) is 0 Å². The summed E-state index contributed by atoms with van der Waals surface area (Å²) in [4.78, 5) is 4.45. The van der Waals surface area contributed by atoms with Gasteiger partial charge in [0.1, 0.15) is 19.4 Å². The molecular formula is C19H26BClN2O2. The first-order valence-corrected chi connectivity index (χ1v) is 9.18. The minimum absolute atomic E-state index is 0.600. The molecule has 0 atom stereocenters. The van der Waals surface area contributed by atoms with Crippen molar-refractivity contribution >= 4 is 36.4 Å². The van der Waals surface area contributed by atoms with Gasteiger partial charge >= 0.3 is 0 Å². The molecule has 0 fully saturated rings. The zero-order valence-corrected chi connectivity index (χ0v) is 16.0. The summed E-state index contributed by atoms with van der Waals surface area (Å²) in [6.07, 6.45) is 4.96. The van der Waals surface area contributed by atoms with Gasteiger partial charge in [-0.2, -0.15) is 0 Å². The van der Waals surface area contributed by atoms with Crippen molar-refractivity contribution in [3.63, 3.8) is 0 Å². The molecule has 0 spiro atoms. The van der Waals surface area contributed by atoms with Crippen LogP contribution >= 0.6 is 11.6 Å². The Bertz CT molecular complexity index is 682. The smallest absolute Gasteiger partial charge is 0.144 e. The van der Waals surface area contributed by atoms with Crippen molar-refractivity contribution in [3.05, 3.63) is 41.0 Å². The SMILES string of the molecule is Bc1cc(C)cnc1Nc1cc(Cl)ccc1OCCCOCCCC. The summed E-state index contributed by atoms with van der Waals surface area (Å²) >= 11 is 6.14. The highest BCUT2D eigenvalue weighted by molar-refractivity contribution is 6.35. The van der Waals surface area contributed by atoms with E-state index >= 15 is 0 Å². The molecule has 1 N–H and O–H groups in total. The number of rotatable bonds is 10. The monoisotopic (exact) mass is 360 g/mol. The van der Waals surface area contributed by atoms with Crippen LogP contribution in [0.15, 0.2) is 30.5 Å². The molecule has 0 aliphatic heterocycles. The molecule has 0 radical (unpaired) electrons. The third kappa shape index (κ3) is 6.60. The maximum atomic E-state index is 6.14. The third-order valence-corrected chi connectivity index (χ3v) is 3.98.